The molecule has 0 amide bonds. The zero-order valence-electron chi connectivity index (χ0n) is 8.89. The molecule has 0 atom stereocenters. The Kier molecular flexibility index (Phi) is 3.32. The number of piperidine rings is 1. The molecule has 1 heterocycles. The summed E-state index contributed by atoms with van der Waals surface area (Å²) in [6.45, 7) is 4.19. The van der Waals surface area contributed by atoms with E-state index >= 15 is 0 Å². The molecule has 82 valence electrons. The van der Waals surface area contributed by atoms with Crippen molar-refractivity contribution in [2.75, 3.05) is 13.1 Å². The molecule has 1 aromatic rings. The molecule has 0 aliphatic carbocycles. The van der Waals surface area contributed by atoms with Gasteiger partial charge in [0.25, 0.3) is 0 Å². The standard InChI is InChI=1S/C12H16BrNO/c1-8-6-10(7-11(15)12(8)13)9-2-4-14-5-3-9/h6-7,9,14-15H,2-5H2,1H3. The third-order valence-electron chi connectivity index (χ3n) is 3.07. The van der Waals surface area contributed by atoms with Gasteiger partial charge in [0.15, 0.2) is 0 Å². The first-order valence-electron chi connectivity index (χ1n) is 5.38. The SMILES string of the molecule is Cc1cc(C2CCNCC2)cc(O)c1Br. The maximum Gasteiger partial charge on any atom is 0.130 e. The van der Waals surface area contributed by atoms with Gasteiger partial charge < -0.3 is 10.4 Å². The molecule has 0 unspecified atom stereocenters. The highest BCUT2D eigenvalue weighted by Crippen LogP contribution is 2.34. The Morgan fingerprint density at radius 1 is 1.33 bits per heavy atom. The van der Waals surface area contributed by atoms with Crippen molar-refractivity contribution in [3.63, 3.8) is 0 Å². The highest BCUT2D eigenvalue weighted by atomic mass is 79.9. The molecule has 1 aromatic carbocycles. The van der Waals surface area contributed by atoms with Gasteiger partial charge in [-0.2, -0.15) is 0 Å². The molecule has 1 aliphatic rings. The minimum absolute atomic E-state index is 0.364. The first-order valence-corrected chi connectivity index (χ1v) is 6.17. The molecule has 15 heavy (non-hydrogen) atoms. The lowest BCUT2D eigenvalue weighted by atomic mass is 9.89. The Balaban J connectivity index is 2.27. The van der Waals surface area contributed by atoms with E-state index in [-0.39, 0.29) is 0 Å². The lowest BCUT2D eigenvalue weighted by Crippen LogP contribution is -2.26. The topological polar surface area (TPSA) is 32.3 Å². The quantitative estimate of drug-likeness (QED) is 0.822. The predicted molar refractivity (Wildman–Crippen MR) is 65.4 cm³/mol. The molecule has 1 fully saturated rings. The van der Waals surface area contributed by atoms with Gasteiger partial charge in [-0.15, -0.1) is 0 Å². The Morgan fingerprint density at radius 2 is 2.00 bits per heavy atom. The van der Waals surface area contributed by atoms with E-state index in [0.29, 0.717) is 11.7 Å². The maximum absolute atomic E-state index is 9.75. The summed E-state index contributed by atoms with van der Waals surface area (Å²) in [6, 6.07) is 4.08. The summed E-state index contributed by atoms with van der Waals surface area (Å²) in [5.41, 5.74) is 2.39. The molecule has 2 N–H and O–H groups in total. The molecule has 1 aliphatic heterocycles. The van der Waals surface area contributed by atoms with E-state index in [0.717, 1.165) is 23.1 Å². The van der Waals surface area contributed by atoms with Gasteiger partial charge in [-0.25, -0.2) is 0 Å². The van der Waals surface area contributed by atoms with E-state index in [1.807, 2.05) is 13.0 Å². The fourth-order valence-electron chi connectivity index (χ4n) is 2.17. The first-order chi connectivity index (χ1) is 7.18. The number of phenolic OH excluding ortho intramolecular Hbond substituents is 1. The lowest BCUT2D eigenvalue weighted by Gasteiger charge is -2.23. The number of rotatable bonds is 1. The number of nitrogens with one attached hydrogen (secondary N) is 1. The van der Waals surface area contributed by atoms with Crippen LogP contribution in [0.25, 0.3) is 0 Å². The van der Waals surface area contributed by atoms with Crippen LogP contribution in [0.1, 0.15) is 29.9 Å². The van der Waals surface area contributed by atoms with E-state index in [4.69, 9.17) is 0 Å². The fraction of sp³-hybridized carbons (Fsp3) is 0.500. The average molecular weight is 270 g/mol. The second-order valence-electron chi connectivity index (χ2n) is 4.20. The molecule has 0 radical (unpaired) electrons. The van der Waals surface area contributed by atoms with Gasteiger partial charge in [0.1, 0.15) is 5.75 Å². The van der Waals surface area contributed by atoms with E-state index in [9.17, 15) is 5.11 Å². The number of halogens is 1. The van der Waals surface area contributed by atoms with Crippen LogP contribution in [0.15, 0.2) is 16.6 Å². The summed E-state index contributed by atoms with van der Waals surface area (Å²) in [4.78, 5) is 0. The molecule has 2 nitrogen and oxygen atoms in total. The summed E-state index contributed by atoms with van der Waals surface area (Å²) in [5.74, 6) is 0.965. The molecule has 0 saturated carbocycles. The highest BCUT2D eigenvalue weighted by Gasteiger charge is 2.17. The molecule has 0 spiro atoms. The minimum Gasteiger partial charge on any atom is -0.507 e. The smallest absolute Gasteiger partial charge is 0.130 e. The zero-order valence-corrected chi connectivity index (χ0v) is 10.5. The monoisotopic (exact) mass is 269 g/mol. The fourth-order valence-corrected chi connectivity index (χ4v) is 2.40. The predicted octanol–water partition coefficient (Wildman–Crippen LogP) is 2.93. The molecule has 2 rings (SSSR count). The highest BCUT2D eigenvalue weighted by molar-refractivity contribution is 9.10. The summed E-state index contributed by atoms with van der Waals surface area (Å²) in [7, 11) is 0. The van der Waals surface area contributed by atoms with E-state index in [1.165, 1.54) is 18.4 Å². The van der Waals surface area contributed by atoms with Crippen molar-refractivity contribution in [3.05, 3.63) is 27.7 Å². The Bertz CT molecular complexity index is 336. The second kappa shape index (κ2) is 4.54. The number of hydrogen-bond donors (Lipinski definition) is 2. The van der Waals surface area contributed by atoms with Crippen molar-refractivity contribution in [1.82, 2.24) is 5.32 Å². The van der Waals surface area contributed by atoms with Crippen LogP contribution in [0.3, 0.4) is 0 Å². The van der Waals surface area contributed by atoms with Gasteiger partial charge in [0, 0.05) is 0 Å². The van der Waals surface area contributed by atoms with Gasteiger partial charge in [0.05, 0.1) is 4.47 Å². The van der Waals surface area contributed by atoms with Gasteiger partial charge in [-0.3, -0.25) is 0 Å². The summed E-state index contributed by atoms with van der Waals surface area (Å²) in [6.07, 6.45) is 2.33. The molecule has 0 bridgehead atoms. The zero-order chi connectivity index (χ0) is 10.8. The van der Waals surface area contributed by atoms with Crippen molar-refractivity contribution < 1.29 is 5.11 Å². The van der Waals surface area contributed by atoms with Crippen molar-refractivity contribution >= 4 is 15.9 Å². The molecular formula is C12H16BrNO. The van der Waals surface area contributed by atoms with Gasteiger partial charge in [-0.1, -0.05) is 6.07 Å². The average Bonchev–Trinajstić information content (AvgIpc) is 2.26. The number of aromatic hydroxyl groups is 1. The Morgan fingerprint density at radius 3 is 2.60 bits per heavy atom. The molecule has 1 saturated heterocycles. The largest absolute Gasteiger partial charge is 0.507 e. The van der Waals surface area contributed by atoms with E-state index in [2.05, 4.69) is 27.3 Å². The van der Waals surface area contributed by atoms with Crippen LogP contribution in [0.5, 0.6) is 5.75 Å². The Labute approximate surface area is 98.8 Å². The van der Waals surface area contributed by atoms with Crippen LogP contribution in [-0.4, -0.2) is 18.2 Å². The van der Waals surface area contributed by atoms with Gasteiger partial charge in [0.2, 0.25) is 0 Å². The number of hydrogen-bond acceptors (Lipinski definition) is 2. The minimum atomic E-state index is 0.364. The van der Waals surface area contributed by atoms with E-state index < -0.39 is 0 Å². The van der Waals surface area contributed by atoms with Crippen LogP contribution < -0.4 is 5.32 Å². The van der Waals surface area contributed by atoms with Crippen molar-refractivity contribution in [1.29, 1.82) is 0 Å². The van der Waals surface area contributed by atoms with Gasteiger partial charge in [-0.05, 0) is 71.9 Å². The summed E-state index contributed by atoms with van der Waals surface area (Å²) >= 11 is 3.37. The van der Waals surface area contributed by atoms with Crippen LogP contribution in [0, 0.1) is 6.92 Å². The molecule has 0 aromatic heterocycles. The van der Waals surface area contributed by atoms with Crippen LogP contribution in [-0.2, 0) is 0 Å². The summed E-state index contributed by atoms with van der Waals surface area (Å²) < 4.78 is 0.820. The number of benzene rings is 1. The maximum atomic E-state index is 9.75. The van der Waals surface area contributed by atoms with Crippen molar-refractivity contribution in [2.45, 2.75) is 25.7 Å². The van der Waals surface area contributed by atoms with Gasteiger partial charge >= 0.3 is 0 Å². The van der Waals surface area contributed by atoms with Crippen molar-refractivity contribution in [3.8, 4) is 5.75 Å². The first kappa shape index (κ1) is 11.0. The van der Waals surface area contributed by atoms with Crippen LogP contribution in [0.4, 0.5) is 0 Å². The van der Waals surface area contributed by atoms with E-state index in [1.54, 1.807) is 0 Å². The number of aryl methyl sites for hydroxylation is 1. The molecule has 3 heteroatoms. The second-order valence-corrected chi connectivity index (χ2v) is 4.99. The Hall–Kier alpha value is -0.540. The molecular weight excluding hydrogens is 254 g/mol. The van der Waals surface area contributed by atoms with Crippen LogP contribution in [0.2, 0.25) is 0 Å². The third kappa shape index (κ3) is 2.34. The normalized spacial score (nSPS) is 18.0. The van der Waals surface area contributed by atoms with Crippen LogP contribution >= 0.6 is 15.9 Å². The number of phenols is 1. The third-order valence-corrected chi connectivity index (χ3v) is 4.10. The summed E-state index contributed by atoms with van der Waals surface area (Å²) in [5, 5.41) is 13.1. The van der Waals surface area contributed by atoms with Crippen molar-refractivity contribution in [2.24, 2.45) is 0 Å². The lowest BCUT2D eigenvalue weighted by molar-refractivity contribution is 0.449.